The van der Waals surface area contributed by atoms with Crippen LogP contribution in [-0.2, 0) is 4.74 Å². The molecule has 8 heteroatoms. The van der Waals surface area contributed by atoms with Crippen molar-refractivity contribution in [3.05, 3.63) is 53.6 Å². The Kier molecular flexibility index (Phi) is 7.96. The number of phenolic OH excluding ortho intramolecular Hbond substituents is 1. The van der Waals surface area contributed by atoms with E-state index in [2.05, 4.69) is 26.2 Å². The van der Waals surface area contributed by atoms with Gasteiger partial charge >= 0.3 is 6.09 Å². The van der Waals surface area contributed by atoms with Crippen LogP contribution >= 0.6 is 0 Å². The average molecular weight is 437 g/mol. The predicted molar refractivity (Wildman–Crippen MR) is 121 cm³/mol. The van der Waals surface area contributed by atoms with E-state index >= 15 is 0 Å². The first kappa shape index (κ1) is 23.0. The Morgan fingerprint density at radius 1 is 0.906 bits per heavy atom. The van der Waals surface area contributed by atoms with Crippen LogP contribution in [0.3, 0.4) is 0 Å². The number of hydrogen-bond acceptors (Lipinski definition) is 7. The van der Waals surface area contributed by atoms with Gasteiger partial charge in [0.15, 0.2) is 0 Å². The van der Waals surface area contributed by atoms with Crippen LogP contribution in [0.15, 0.2) is 42.5 Å². The van der Waals surface area contributed by atoms with Gasteiger partial charge < -0.3 is 20.3 Å². The van der Waals surface area contributed by atoms with Gasteiger partial charge in [0.25, 0.3) is 0 Å². The van der Waals surface area contributed by atoms with E-state index in [1.807, 2.05) is 32.0 Å². The van der Waals surface area contributed by atoms with Crippen molar-refractivity contribution in [2.24, 2.45) is 5.73 Å². The molecule has 0 fully saturated rings. The van der Waals surface area contributed by atoms with E-state index in [-0.39, 0.29) is 5.75 Å². The van der Waals surface area contributed by atoms with Crippen LogP contribution in [0.4, 0.5) is 4.79 Å². The quantitative estimate of drug-likeness (QED) is 0.447. The number of amides is 1. The van der Waals surface area contributed by atoms with Gasteiger partial charge in [0.1, 0.15) is 17.2 Å². The Morgan fingerprint density at radius 3 is 2.28 bits per heavy atom. The summed E-state index contributed by atoms with van der Waals surface area (Å²) in [4.78, 5) is 10.5. The van der Waals surface area contributed by atoms with Gasteiger partial charge in [-0.3, -0.25) is 0 Å². The first-order chi connectivity index (χ1) is 15.4. The Hall–Kier alpha value is -3.68. The maximum absolute atomic E-state index is 10.5. The summed E-state index contributed by atoms with van der Waals surface area (Å²) in [6, 6.07) is 13.1. The Morgan fingerprint density at radius 2 is 1.59 bits per heavy atom. The second-order valence-electron chi connectivity index (χ2n) is 7.63. The average Bonchev–Trinajstić information content (AvgIpc) is 2.75. The van der Waals surface area contributed by atoms with E-state index in [1.54, 1.807) is 18.2 Å². The number of carbonyl (C=O) groups is 1. The first-order valence-corrected chi connectivity index (χ1v) is 10.6. The number of hydrogen-bond donors (Lipinski definition) is 2. The molecule has 1 amide bonds. The zero-order chi connectivity index (χ0) is 22.9. The minimum atomic E-state index is -0.740. The third-order valence-corrected chi connectivity index (χ3v) is 5.03. The molecule has 168 valence electrons. The number of ether oxygens (including phenoxy) is 2. The van der Waals surface area contributed by atoms with Crippen molar-refractivity contribution in [2.45, 2.75) is 39.5 Å². The minimum Gasteiger partial charge on any atom is -0.507 e. The number of primary amides is 1. The highest BCUT2D eigenvalue weighted by molar-refractivity contribution is 5.73. The zero-order valence-corrected chi connectivity index (χ0v) is 18.4. The van der Waals surface area contributed by atoms with Crippen LogP contribution in [0.5, 0.6) is 11.5 Å². The molecule has 1 heterocycles. The van der Waals surface area contributed by atoms with Crippen LogP contribution in [0, 0.1) is 13.8 Å². The fourth-order valence-electron chi connectivity index (χ4n) is 3.41. The molecule has 0 aliphatic rings. The number of unbranched alkanes of at least 4 members (excludes halogenated alkanes) is 3. The highest BCUT2D eigenvalue weighted by Gasteiger charge is 2.12. The molecule has 0 spiro atoms. The van der Waals surface area contributed by atoms with Gasteiger partial charge in [0.2, 0.25) is 0 Å². The topological polar surface area (TPSA) is 120 Å². The summed E-state index contributed by atoms with van der Waals surface area (Å²) in [5.41, 5.74) is 9.98. The Bertz CT molecular complexity index is 1070. The van der Waals surface area contributed by atoms with Gasteiger partial charge in [-0.2, -0.15) is 0 Å². The summed E-state index contributed by atoms with van der Waals surface area (Å²) >= 11 is 0. The SMILES string of the molecule is Cc1ccc(-c2cc(-c3ccc(OCCCCCCOC(N)=O)cc3O)nnn2)c(C)c1. The number of aromatic nitrogens is 3. The summed E-state index contributed by atoms with van der Waals surface area (Å²) in [6.07, 6.45) is 2.75. The van der Waals surface area contributed by atoms with E-state index in [9.17, 15) is 9.90 Å². The third-order valence-electron chi connectivity index (χ3n) is 5.03. The smallest absolute Gasteiger partial charge is 0.404 e. The number of carbonyl (C=O) groups excluding carboxylic acids is 1. The Balaban J connectivity index is 1.58. The lowest BCUT2D eigenvalue weighted by Gasteiger charge is -2.10. The maximum Gasteiger partial charge on any atom is 0.404 e. The maximum atomic E-state index is 10.5. The van der Waals surface area contributed by atoms with Crippen molar-refractivity contribution < 1.29 is 19.4 Å². The lowest BCUT2D eigenvalue weighted by atomic mass is 10.0. The monoisotopic (exact) mass is 436 g/mol. The fourth-order valence-corrected chi connectivity index (χ4v) is 3.41. The number of nitrogens with two attached hydrogens (primary N) is 1. The molecule has 0 aliphatic heterocycles. The van der Waals surface area contributed by atoms with Crippen molar-refractivity contribution >= 4 is 6.09 Å². The summed E-state index contributed by atoms with van der Waals surface area (Å²) in [7, 11) is 0. The minimum absolute atomic E-state index is 0.0678. The summed E-state index contributed by atoms with van der Waals surface area (Å²) < 4.78 is 10.4. The van der Waals surface area contributed by atoms with E-state index < -0.39 is 6.09 Å². The molecule has 2 aromatic carbocycles. The van der Waals surface area contributed by atoms with Crippen molar-refractivity contribution in [3.8, 4) is 34.0 Å². The van der Waals surface area contributed by atoms with Gasteiger partial charge in [-0.15, -0.1) is 10.2 Å². The fraction of sp³-hybridized carbons (Fsp3) is 0.333. The molecule has 0 saturated carbocycles. The highest BCUT2D eigenvalue weighted by Crippen LogP contribution is 2.33. The van der Waals surface area contributed by atoms with E-state index in [0.29, 0.717) is 35.9 Å². The molecule has 0 aliphatic carbocycles. The molecule has 0 atom stereocenters. The number of rotatable bonds is 10. The van der Waals surface area contributed by atoms with Gasteiger partial charge in [-0.25, -0.2) is 4.79 Å². The third kappa shape index (κ3) is 6.41. The zero-order valence-electron chi connectivity index (χ0n) is 18.4. The van der Waals surface area contributed by atoms with E-state index in [1.165, 1.54) is 5.56 Å². The predicted octanol–water partition coefficient (Wildman–Crippen LogP) is 4.56. The molecule has 0 saturated heterocycles. The number of aryl methyl sites for hydroxylation is 2. The van der Waals surface area contributed by atoms with Crippen molar-refractivity contribution in [3.63, 3.8) is 0 Å². The van der Waals surface area contributed by atoms with Crippen molar-refractivity contribution in [1.29, 1.82) is 0 Å². The molecule has 3 aromatic rings. The second-order valence-corrected chi connectivity index (χ2v) is 7.63. The van der Waals surface area contributed by atoms with Crippen LogP contribution in [0.25, 0.3) is 22.5 Å². The lowest BCUT2D eigenvalue weighted by molar-refractivity contribution is 0.154. The molecule has 0 bridgehead atoms. The van der Waals surface area contributed by atoms with Crippen LogP contribution in [-0.4, -0.2) is 39.8 Å². The number of nitrogens with zero attached hydrogens (tertiary/aromatic N) is 3. The van der Waals surface area contributed by atoms with Crippen molar-refractivity contribution in [1.82, 2.24) is 15.4 Å². The highest BCUT2D eigenvalue weighted by atomic mass is 16.5. The number of phenols is 1. The molecule has 0 unspecified atom stereocenters. The summed E-state index contributed by atoms with van der Waals surface area (Å²) in [5.74, 6) is 0.651. The normalized spacial score (nSPS) is 10.7. The van der Waals surface area contributed by atoms with Gasteiger partial charge in [-0.1, -0.05) is 23.8 Å². The largest absolute Gasteiger partial charge is 0.507 e. The molecule has 8 nitrogen and oxygen atoms in total. The van der Waals surface area contributed by atoms with Crippen LogP contribution < -0.4 is 10.5 Å². The molecule has 0 radical (unpaired) electrons. The first-order valence-electron chi connectivity index (χ1n) is 10.6. The molecule has 3 rings (SSSR count). The van der Waals surface area contributed by atoms with Crippen molar-refractivity contribution in [2.75, 3.05) is 13.2 Å². The lowest BCUT2D eigenvalue weighted by Crippen LogP contribution is -2.13. The van der Waals surface area contributed by atoms with Crippen LogP contribution in [0.1, 0.15) is 36.8 Å². The van der Waals surface area contributed by atoms with E-state index in [0.717, 1.165) is 36.8 Å². The molecule has 1 aromatic heterocycles. The van der Waals surface area contributed by atoms with Gasteiger partial charge in [-0.05, 0) is 68.5 Å². The second kappa shape index (κ2) is 11.1. The van der Waals surface area contributed by atoms with Crippen LogP contribution in [0.2, 0.25) is 0 Å². The molecular formula is C24H28N4O4. The van der Waals surface area contributed by atoms with Gasteiger partial charge in [0, 0.05) is 17.2 Å². The van der Waals surface area contributed by atoms with E-state index in [4.69, 9.17) is 10.5 Å². The summed E-state index contributed by atoms with van der Waals surface area (Å²) in [5, 5.41) is 22.7. The molecule has 32 heavy (non-hydrogen) atoms. The van der Waals surface area contributed by atoms with Gasteiger partial charge in [0.05, 0.1) is 18.9 Å². The summed E-state index contributed by atoms with van der Waals surface area (Å²) in [6.45, 7) is 4.95. The molecular weight excluding hydrogens is 408 g/mol. The number of aromatic hydroxyl groups is 1. The Labute approximate surface area is 187 Å². The number of benzene rings is 2. The standard InChI is InChI=1S/C24H28N4O4/c1-16-7-9-19(17(2)13-16)21-15-22(27-28-26-21)20-10-8-18(14-23(20)29)31-11-5-3-4-6-12-32-24(25)30/h7-10,13-15,29H,3-6,11-12H2,1-2H3,(H2,25,30). The molecule has 3 N–H and O–H groups in total.